The van der Waals surface area contributed by atoms with E-state index in [0.29, 0.717) is 24.2 Å². The standard InChI is InChI=1S/C17H16N4O3/c18-17(23)24-13-8-14-12(9-20-15(14)21-10-13)6-7-19-16(22)11-4-2-1-3-5-11/h1-5,8-10H,6-7H2,(H2,18,23)(H,19,22)(H,20,21). The zero-order chi connectivity index (χ0) is 16.9. The third kappa shape index (κ3) is 3.52. The molecule has 1 aromatic carbocycles. The topological polar surface area (TPSA) is 110 Å². The molecule has 24 heavy (non-hydrogen) atoms. The van der Waals surface area contributed by atoms with Gasteiger partial charge in [0.2, 0.25) is 0 Å². The van der Waals surface area contributed by atoms with Crippen LogP contribution in [0.2, 0.25) is 0 Å². The van der Waals surface area contributed by atoms with Gasteiger partial charge < -0.3 is 20.8 Å². The molecule has 0 spiro atoms. The van der Waals surface area contributed by atoms with Gasteiger partial charge in [-0.3, -0.25) is 4.79 Å². The fourth-order valence-corrected chi connectivity index (χ4v) is 2.42. The summed E-state index contributed by atoms with van der Waals surface area (Å²) in [5.41, 5.74) is 7.26. The molecular formula is C17H16N4O3. The smallest absolute Gasteiger partial charge is 0.409 e. The van der Waals surface area contributed by atoms with Gasteiger partial charge in [-0.2, -0.15) is 0 Å². The van der Waals surface area contributed by atoms with Crippen molar-refractivity contribution in [2.45, 2.75) is 6.42 Å². The highest BCUT2D eigenvalue weighted by Crippen LogP contribution is 2.21. The lowest BCUT2D eigenvalue weighted by Gasteiger charge is -2.05. The van der Waals surface area contributed by atoms with Crippen molar-refractivity contribution in [3.8, 4) is 5.75 Å². The Morgan fingerprint density at radius 3 is 2.79 bits per heavy atom. The molecular weight excluding hydrogens is 308 g/mol. The highest BCUT2D eigenvalue weighted by Gasteiger charge is 2.09. The van der Waals surface area contributed by atoms with Crippen molar-refractivity contribution < 1.29 is 14.3 Å². The summed E-state index contributed by atoms with van der Waals surface area (Å²) in [7, 11) is 0. The molecule has 0 radical (unpaired) electrons. The van der Waals surface area contributed by atoms with Gasteiger partial charge in [-0.15, -0.1) is 0 Å². The van der Waals surface area contributed by atoms with Crippen molar-refractivity contribution in [3.63, 3.8) is 0 Å². The van der Waals surface area contributed by atoms with Crippen molar-refractivity contribution in [3.05, 3.63) is 59.9 Å². The Balaban J connectivity index is 1.66. The molecule has 0 unspecified atom stereocenters. The number of hydrogen-bond acceptors (Lipinski definition) is 4. The van der Waals surface area contributed by atoms with E-state index in [9.17, 15) is 9.59 Å². The highest BCUT2D eigenvalue weighted by atomic mass is 16.5. The first-order valence-corrected chi connectivity index (χ1v) is 7.40. The number of H-pyrrole nitrogens is 1. The number of fused-ring (bicyclic) bond motifs is 1. The number of pyridine rings is 1. The van der Waals surface area contributed by atoms with Gasteiger partial charge in [-0.05, 0) is 30.2 Å². The van der Waals surface area contributed by atoms with Crippen molar-refractivity contribution in [2.24, 2.45) is 5.73 Å². The van der Waals surface area contributed by atoms with Crippen molar-refractivity contribution in [2.75, 3.05) is 6.54 Å². The van der Waals surface area contributed by atoms with E-state index in [1.165, 1.54) is 6.20 Å². The molecule has 4 N–H and O–H groups in total. The minimum atomic E-state index is -0.886. The van der Waals surface area contributed by atoms with Crippen LogP contribution in [-0.4, -0.2) is 28.5 Å². The first-order valence-electron chi connectivity index (χ1n) is 7.40. The molecule has 2 amide bonds. The van der Waals surface area contributed by atoms with Crippen LogP contribution < -0.4 is 15.8 Å². The molecule has 0 saturated carbocycles. The van der Waals surface area contributed by atoms with E-state index in [4.69, 9.17) is 10.5 Å². The Bertz CT molecular complexity index is 874. The number of primary amides is 1. The number of nitrogens with zero attached hydrogens (tertiary/aromatic N) is 1. The van der Waals surface area contributed by atoms with E-state index >= 15 is 0 Å². The quantitative estimate of drug-likeness (QED) is 0.666. The molecule has 3 aromatic rings. The number of benzene rings is 1. The van der Waals surface area contributed by atoms with Crippen LogP contribution in [0.15, 0.2) is 48.8 Å². The summed E-state index contributed by atoms with van der Waals surface area (Å²) in [6.07, 6.45) is 2.97. The molecule has 0 saturated heterocycles. The number of ether oxygens (including phenoxy) is 1. The van der Waals surface area contributed by atoms with Gasteiger partial charge in [0.05, 0.1) is 6.20 Å². The first-order chi connectivity index (χ1) is 11.6. The second kappa shape index (κ2) is 6.82. The summed E-state index contributed by atoms with van der Waals surface area (Å²) < 4.78 is 4.84. The van der Waals surface area contributed by atoms with Crippen LogP contribution in [0.4, 0.5) is 4.79 Å². The predicted octanol–water partition coefficient (Wildman–Crippen LogP) is 1.99. The fraction of sp³-hybridized carbons (Fsp3) is 0.118. The summed E-state index contributed by atoms with van der Waals surface area (Å²) >= 11 is 0. The van der Waals surface area contributed by atoms with Crippen LogP contribution in [0.3, 0.4) is 0 Å². The molecule has 0 aliphatic carbocycles. The number of carbonyl (C=O) groups is 2. The van der Waals surface area contributed by atoms with Gasteiger partial charge >= 0.3 is 6.09 Å². The number of aromatic nitrogens is 2. The molecule has 3 rings (SSSR count). The normalized spacial score (nSPS) is 10.5. The van der Waals surface area contributed by atoms with Gasteiger partial charge in [0.1, 0.15) is 5.65 Å². The number of carbonyl (C=O) groups excluding carboxylic acids is 2. The van der Waals surface area contributed by atoms with Crippen molar-refractivity contribution in [1.29, 1.82) is 0 Å². The maximum atomic E-state index is 12.0. The van der Waals surface area contributed by atoms with Crippen LogP contribution in [0.5, 0.6) is 5.75 Å². The number of aromatic amines is 1. The maximum Gasteiger partial charge on any atom is 0.410 e. The SMILES string of the molecule is NC(=O)Oc1cnc2[nH]cc(CCNC(=O)c3ccccc3)c2c1. The van der Waals surface area contributed by atoms with E-state index in [1.807, 2.05) is 24.4 Å². The van der Waals surface area contributed by atoms with Crippen molar-refractivity contribution in [1.82, 2.24) is 15.3 Å². The minimum absolute atomic E-state index is 0.119. The summed E-state index contributed by atoms with van der Waals surface area (Å²) in [6.45, 7) is 0.474. The lowest BCUT2D eigenvalue weighted by Crippen LogP contribution is -2.25. The molecule has 7 heteroatoms. The highest BCUT2D eigenvalue weighted by molar-refractivity contribution is 5.94. The van der Waals surface area contributed by atoms with Gasteiger partial charge in [-0.1, -0.05) is 18.2 Å². The van der Waals surface area contributed by atoms with Crippen LogP contribution in [0.25, 0.3) is 11.0 Å². The lowest BCUT2D eigenvalue weighted by molar-refractivity contribution is 0.0954. The molecule has 122 valence electrons. The second-order valence-electron chi connectivity index (χ2n) is 5.17. The average Bonchev–Trinajstić information content (AvgIpc) is 2.97. The predicted molar refractivity (Wildman–Crippen MR) is 88.8 cm³/mol. The van der Waals surface area contributed by atoms with Gasteiger partial charge in [0.25, 0.3) is 5.91 Å². The molecule has 7 nitrogen and oxygen atoms in total. The number of amides is 2. The molecule has 0 atom stereocenters. The van der Waals surface area contributed by atoms with Gasteiger partial charge in [0, 0.05) is 23.7 Å². The lowest BCUT2D eigenvalue weighted by atomic mass is 10.1. The van der Waals surface area contributed by atoms with E-state index in [1.54, 1.807) is 18.2 Å². The number of hydrogen-bond donors (Lipinski definition) is 3. The fourth-order valence-electron chi connectivity index (χ4n) is 2.42. The largest absolute Gasteiger partial charge is 0.410 e. The zero-order valence-corrected chi connectivity index (χ0v) is 12.8. The average molecular weight is 324 g/mol. The van der Waals surface area contributed by atoms with Crippen LogP contribution in [-0.2, 0) is 6.42 Å². The van der Waals surface area contributed by atoms with Crippen LogP contribution in [0, 0.1) is 0 Å². The number of nitrogens with one attached hydrogen (secondary N) is 2. The number of nitrogens with two attached hydrogens (primary N) is 1. The molecule has 0 aliphatic heterocycles. The van der Waals surface area contributed by atoms with E-state index in [2.05, 4.69) is 15.3 Å². The van der Waals surface area contributed by atoms with E-state index in [0.717, 1.165) is 10.9 Å². The third-order valence-electron chi connectivity index (χ3n) is 3.53. The first kappa shape index (κ1) is 15.5. The summed E-state index contributed by atoms with van der Waals surface area (Å²) in [6, 6.07) is 10.7. The van der Waals surface area contributed by atoms with Gasteiger partial charge in [-0.25, -0.2) is 9.78 Å². The maximum absolute atomic E-state index is 12.0. The summed E-state index contributed by atoms with van der Waals surface area (Å²) in [5, 5.41) is 3.69. The molecule has 0 aliphatic rings. The minimum Gasteiger partial charge on any atom is -0.409 e. The zero-order valence-electron chi connectivity index (χ0n) is 12.8. The Labute approximate surface area is 137 Å². The molecule has 2 heterocycles. The third-order valence-corrected chi connectivity index (χ3v) is 3.53. The summed E-state index contributed by atoms with van der Waals surface area (Å²) in [4.78, 5) is 30.0. The van der Waals surface area contributed by atoms with E-state index < -0.39 is 6.09 Å². The molecule has 0 bridgehead atoms. The Hall–Kier alpha value is -3.35. The van der Waals surface area contributed by atoms with Gasteiger partial charge in [0.15, 0.2) is 5.75 Å². The Kier molecular flexibility index (Phi) is 4.42. The number of rotatable bonds is 5. The summed E-state index contributed by atoms with van der Waals surface area (Å²) in [5.74, 6) is 0.162. The Morgan fingerprint density at radius 2 is 2.04 bits per heavy atom. The monoisotopic (exact) mass is 324 g/mol. The van der Waals surface area contributed by atoms with E-state index in [-0.39, 0.29) is 11.7 Å². The second-order valence-corrected chi connectivity index (χ2v) is 5.17. The molecule has 0 fully saturated rings. The molecule has 2 aromatic heterocycles. The Morgan fingerprint density at radius 1 is 1.25 bits per heavy atom. The van der Waals surface area contributed by atoms with Crippen LogP contribution in [0.1, 0.15) is 15.9 Å². The van der Waals surface area contributed by atoms with Crippen LogP contribution >= 0.6 is 0 Å². The van der Waals surface area contributed by atoms with Crippen molar-refractivity contribution >= 4 is 23.0 Å².